The van der Waals surface area contributed by atoms with Gasteiger partial charge in [-0.1, -0.05) is 17.7 Å². The molecule has 1 amide bonds. The van der Waals surface area contributed by atoms with Gasteiger partial charge < -0.3 is 10.7 Å². The first-order valence-corrected chi connectivity index (χ1v) is 5.67. The monoisotopic (exact) mass is 280 g/mol. The molecule has 7 heteroatoms. The Hall–Kier alpha value is -2.18. The second kappa shape index (κ2) is 5.64. The highest BCUT2D eigenvalue weighted by atomic mass is 35.5. The van der Waals surface area contributed by atoms with Crippen molar-refractivity contribution in [2.24, 2.45) is 5.84 Å². The molecular formula is C12H10ClFN4O. The maximum absolute atomic E-state index is 13.1. The van der Waals surface area contributed by atoms with Gasteiger partial charge in [0.25, 0.3) is 5.91 Å². The molecule has 5 nitrogen and oxygen atoms in total. The Morgan fingerprint density at radius 1 is 1.32 bits per heavy atom. The molecule has 0 spiro atoms. The number of nitrogens with two attached hydrogens (primary N) is 1. The first kappa shape index (κ1) is 13.3. The number of nitrogen functional groups attached to an aromatic ring is 1. The van der Waals surface area contributed by atoms with E-state index < -0.39 is 11.7 Å². The minimum absolute atomic E-state index is 0.149. The number of carbonyl (C=O) groups excluding carboxylic acids is 1. The lowest BCUT2D eigenvalue weighted by atomic mass is 10.3. The number of pyridine rings is 1. The van der Waals surface area contributed by atoms with Crippen molar-refractivity contribution < 1.29 is 9.18 Å². The molecule has 1 heterocycles. The van der Waals surface area contributed by atoms with E-state index >= 15 is 0 Å². The maximum atomic E-state index is 13.1. The van der Waals surface area contributed by atoms with Crippen molar-refractivity contribution >= 4 is 29.0 Å². The number of benzene rings is 1. The Kier molecular flexibility index (Phi) is 3.94. The fourth-order valence-corrected chi connectivity index (χ4v) is 1.68. The molecule has 0 aliphatic rings. The highest BCUT2D eigenvalue weighted by Crippen LogP contribution is 2.18. The van der Waals surface area contributed by atoms with Crippen LogP contribution in [0, 0.1) is 5.82 Å². The van der Waals surface area contributed by atoms with Gasteiger partial charge in [-0.25, -0.2) is 15.2 Å². The van der Waals surface area contributed by atoms with E-state index in [1.807, 2.05) is 0 Å². The fourth-order valence-electron chi connectivity index (χ4n) is 1.46. The second-order valence-electron chi connectivity index (χ2n) is 3.66. The third-order valence-electron chi connectivity index (χ3n) is 2.25. The van der Waals surface area contributed by atoms with Crippen molar-refractivity contribution in [2.45, 2.75) is 0 Å². The molecule has 98 valence electrons. The zero-order valence-electron chi connectivity index (χ0n) is 9.65. The minimum Gasteiger partial charge on any atom is -0.320 e. The van der Waals surface area contributed by atoms with E-state index in [9.17, 15) is 9.18 Å². The molecule has 0 saturated carbocycles. The number of hydrogen-bond acceptors (Lipinski definition) is 4. The maximum Gasteiger partial charge on any atom is 0.274 e. The van der Waals surface area contributed by atoms with Crippen LogP contribution in [0.25, 0.3) is 0 Å². The molecule has 1 aromatic carbocycles. The van der Waals surface area contributed by atoms with Crippen LogP contribution in [0.15, 0.2) is 36.4 Å². The van der Waals surface area contributed by atoms with Gasteiger partial charge in [0.1, 0.15) is 17.3 Å². The normalized spacial score (nSPS) is 10.1. The number of amides is 1. The van der Waals surface area contributed by atoms with Crippen LogP contribution < -0.4 is 16.6 Å². The third kappa shape index (κ3) is 3.40. The molecule has 2 aromatic rings. The quantitative estimate of drug-likeness (QED) is 0.596. The van der Waals surface area contributed by atoms with Crippen LogP contribution in [0.2, 0.25) is 5.02 Å². The van der Waals surface area contributed by atoms with E-state index in [-0.39, 0.29) is 16.4 Å². The van der Waals surface area contributed by atoms with Crippen molar-refractivity contribution in [3.05, 3.63) is 52.9 Å². The van der Waals surface area contributed by atoms with Crippen molar-refractivity contribution in [2.75, 3.05) is 10.7 Å². The van der Waals surface area contributed by atoms with Crippen LogP contribution in [0.4, 0.5) is 15.9 Å². The predicted molar refractivity (Wildman–Crippen MR) is 71.4 cm³/mol. The molecule has 2 rings (SSSR count). The summed E-state index contributed by atoms with van der Waals surface area (Å²) in [6, 6.07) is 8.49. The Bertz CT molecular complexity index is 600. The molecule has 0 saturated heterocycles. The number of nitrogens with zero attached hydrogens (tertiary/aromatic N) is 1. The number of nitrogens with one attached hydrogen (secondary N) is 2. The van der Waals surface area contributed by atoms with Gasteiger partial charge in [0.05, 0.1) is 0 Å². The van der Waals surface area contributed by atoms with Crippen molar-refractivity contribution in [1.82, 2.24) is 4.98 Å². The van der Waals surface area contributed by atoms with E-state index in [1.165, 1.54) is 12.1 Å². The van der Waals surface area contributed by atoms with Crippen LogP contribution in [0.1, 0.15) is 10.5 Å². The third-order valence-corrected chi connectivity index (χ3v) is 2.47. The highest BCUT2D eigenvalue weighted by Gasteiger charge is 2.09. The zero-order chi connectivity index (χ0) is 13.8. The van der Waals surface area contributed by atoms with Crippen molar-refractivity contribution in [1.29, 1.82) is 0 Å². The minimum atomic E-state index is -0.534. The lowest BCUT2D eigenvalue weighted by Crippen LogP contribution is -2.16. The Morgan fingerprint density at radius 3 is 2.79 bits per heavy atom. The smallest absolute Gasteiger partial charge is 0.274 e. The topological polar surface area (TPSA) is 80.0 Å². The number of hydrogen-bond donors (Lipinski definition) is 3. The summed E-state index contributed by atoms with van der Waals surface area (Å²) in [6.07, 6.45) is 0. The Balaban J connectivity index is 2.20. The van der Waals surface area contributed by atoms with Gasteiger partial charge in [0.15, 0.2) is 0 Å². The molecule has 0 atom stereocenters. The second-order valence-corrected chi connectivity index (χ2v) is 4.10. The SMILES string of the molecule is NNc1cccc(C(=O)Nc2cc(F)cc(Cl)c2)n1. The average molecular weight is 281 g/mol. The highest BCUT2D eigenvalue weighted by molar-refractivity contribution is 6.31. The summed E-state index contributed by atoms with van der Waals surface area (Å²) in [5.74, 6) is 4.53. The molecule has 0 fully saturated rings. The lowest BCUT2D eigenvalue weighted by molar-refractivity contribution is 0.102. The molecule has 0 radical (unpaired) electrons. The van der Waals surface area contributed by atoms with Crippen molar-refractivity contribution in [3.8, 4) is 0 Å². The van der Waals surface area contributed by atoms with Crippen LogP contribution in [0.5, 0.6) is 0 Å². The van der Waals surface area contributed by atoms with Crippen LogP contribution >= 0.6 is 11.6 Å². The van der Waals surface area contributed by atoms with Gasteiger partial charge in [-0.05, 0) is 30.3 Å². The molecule has 4 N–H and O–H groups in total. The van der Waals surface area contributed by atoms with E-state index in [1.54, 1.807) is 12.1 Å². The first-order chi connectivity index (χ1) is 9.08. The van der Waals surface area contributed by atoms with E-state index in [2.05, 4.69) is 15.7 Å². The molecule has 0 aliphatic heterocycles. The molecule has 0 aliphatic carbocycles. The Labute approximate surface area is 113 Å². The van der Waals surface area contributed by atoms with Gasteiger partial charge in [0.2, 0.25) is 0 Å². The largest absolute Gasteiger partial charge is 0.320 e. The van der Waals surface area contributed by atoms with Gasteiger partial charge >= 0.3 is 0 Å². The standard InChI is InChI=1S/C12H10ClFN4O/c13-7-4-8(14)6-9(5-7)16-12(19)10-2-1-3-11(17-10)18-15/h1-6H,15H2,(H,16,19)(H,17,18). The summed E-state index contributed by atoms with van der Waals surface area (Å²) in [6.45, 7) is 0. The van der Waals surface area contributed by atoms with Crippen LogP contribution in [-0.4, -0.2) is 10.9 Å². The van der Waals surface area contributed by atoms with E-state index in [0.717, 1.165) is 12.1 Å². The fraction of sp³-hybridized carbons (Fsp3) is 0. The van der Waals surface area contributed by atoms with Gasteiger partial charge in [-0.2, -0.15) is 0 Å². The van der Waals surface area contributed by atoms with Gasteiger partial charge in [-0.3, -0.25) is 4.79 Å². The summed E-state index contributed by atoms with van der Waals surface area (Å²) in [7, 11) is 0. The lowest BCUT2D eigenvalue weighted by Gasteiger charge is -2.06. The average Bonchev–Trinajstić information content (AvgIpc) is 2.37. The summed E-state index contributed by atoms with van der Waals surface area (Å²) in [5, 5.41) is 2.69. The molecule has 1 aromatic heterocycles. The summed E-state index contributed by atoms with van der Waals surface area (Å²) in [5.41, 5.74) is 2.73. The molecule has 0 bridgehead atoms. The number of rotatable bonds is 3. The number of halogens is 2. The number of hydrazine groups is 1. The summed E-state index contributed by atoms with van der Waals surface area (Å²) >= 11 is 5.69. The van der Waals surface area contributed by atoms with Crippen LogP contribution in [0.3, 0.4) is 0 Å². The molecular weight excluding hydrogens is 271 g/mol. The number of aromatic nitrogens is 1. The zero-order valence-corrected chi connectivity index (χ0v) is 10.4. The van der Waals surface area contributed by atoms with Gasteiger partial charge in [0, 0.05) is 10.7 Å². The molecule has 19 heavy (non-hydrogen) atoms. The van der Waals surface area contributed by atoms with Crippen LogP contribution in [-0.2, 0) is 0 Å². The van der Waals surface area contributed by atoms with Crippen molar-refractivity contribution in [3.63, 3.8) is 0 Å². The van der Waals surface area contributed by atoms with Gasteiger partial charge in [-0.15, -0.1) is 0 Å². The first-order valence-electron chi connectivity index (χ1n) is 5.29. The number of anilines is 2. The summed E-state index contributed by atoms with van der Waals surface area (Å²) in [4.78, 5) is 15.9. The van der Waals surface area contributed by atoms with E-state index in [0.29, 0.717) is 5.82 Å². The molecule has 0 unspecified atom stereocenters. The predicted octanol–water partition coefficient (Wildman–Crippen LogP) is 2.41. The summed E-state index contributed by atoms with van der Waals surface area (Å²) < 4.78 is 13.1. The number of carbonyl (C=O) groups is 1. The Morgan fingerprint density at radius 2 is 2.11 bits per heavy atom. The van der Waals surface area contributed by atoms with E-state index in [4.69, 9.17) is 17.4 Å².